The Morgan fingerprint density at radius 2 is 1.87 bits per heavy atom. The number of ether oxygens (including phenoxy) is 1. The van der Waals surface area contributed by atoms with Crippen LogP contribution in [0.3, 0.4) is 0 Å². The lowest BCUT2D eigenvalue weighted by atomic mass is 10.3. The molecule has 0 aliphatic heterocycles. The van der Waals surface area contributed by atoms with Gasteiger partial charge in [-0.1, -0.05) is 11.6 Å². The molecule has 1 aromatic carbocycles. The molecule has 0 aliphatic rings. The molecule has 0 aliphatic carbocycles. The number of aliphatic carboxylic acids is 1. The number of rotatable bonds is 5. The number of halogens is 1. The van der Waals surface area contributed by atoms with Gasteiger partial charge >= 0.3 is 5.97 Å². The molecule has 0 bridgehead atoms. The molecular weight excluding hydrogens is 220 g/mol. The van der Waals surface area contributed by atoms with Gasteiger partial charge in [0, 0.05) is 5.02 Å². The van der Waals surface area contributed by atoms with Gasteiger partial charge in [0.1, 0.15) is 5.75 Å². The molecule has 15 heavy (non-hydrogen) atoms. The van der Waals surface area contributed by atoms with E-state index in [1.54, 1.807) is 24.3 Å². The SMILES string of the molecule is O=C(O)C(=O)CCOc1ccc(Cl)cc1. The van der Waals surface area contributed by atoms with Crippen molar-refractivity contribution in [3.8, 4) is 5.75 Å². The smallest absolute Gasteiger partial charge is 0.372 e. The number of hydrogen-bond acceptors (Lipinski definition) is 3. The summed E-state index contributed by atoms with van der Waals surface area (Å²) in [5, 5.41) is 8.88. The second-order valence-electron chi connectivity index (χ2n) is 2.78. The molecule has 1 N–H and O–H groups in total. The van der Waals surface area contributed by atoms with Crippen LogP contribution in [0, 0.1) is 0 Å². The van der Waals surface area contributed by atoms with E-state index in [-0.39, 0.29) is 13.0 Å². The van der Waals surface area contributed by atoms with Crippen molar-refractivity contribution in [2.75, 3.05) is 6.61 Å². The van der Waals surface area contributed by atoms with Crippen molar-refractivity contribution in [2.24, 2.45) is 0 Å². The fourth-order valence-corrected chi connectivity index (χ4v) is 1.03. The molecule has 0 spiro atoms. The average Bonchev–Trinajstić information content (AvgIpc) is 2.20. The van der Waals surface area contributed by atoms with Crippen LogP contribution in [-0.4, -0.2) is 23.5 Å². The first-order valence-electron chi connectivity index (χ1n) is 4.24. The predicted molar refractivity (Wildman–Crippen MR) is 54.2 cm³/mol. The molecule has 1 aromatic rings. The third-order valence-corrected chi connectivity index (χ3v) is 1.90. The maximum Gasteiger partial charge on any atom is 0.372 e. The molecule has 4 nitrogen and oxygen atoms in total. The van der Waals surface area contributed by atoms with Crippen LogP contribution in [0.5, 0.6) is 5.75 Å². The summed E-state index contributed by atoms with van der Waals surface area (Å²) < 4.78 is 5.14. The maximum absolute atomic E-state index is 10.7. The van der Waals surface area contributed by atoms with Crippen LogP contribution in [-0.2, 0) is 9.59 Å². The zero-order valence-electron chi connectivity index (χ0n) is 7.77. The Bertz CT molecular complexity index is 358. The monoisotopic (exact) mass is 228 g/mol. The second kappa shape index (κ2) is 5.36. The van der Waals surface area contributed by atoms with Gasteiger partial charge in [-0.25, -0.2) is 4.79 Å². The Kier molecular flexibility index (Phi) is 4.12. The molecule has 0 fully saturated rings. The highest BCUT2D eigenvalue weighted by molar-refractivity contribution is 6.32. The maximum atomic E-state index is 10.7. The Morgan fingerprint density at radius 1 is 1.27 bits per heavy atom. The molecule has 0 radical (unpaired) electrons. The molecule has 0 heterocycles. The summed E-state index contributed by atoms with van der Waals surface area (Å²) >= 11 is 5.65. The van der Waals surface area contributed by atoms with Crippen LogP contribution < -0.4 is 4.74 Å². The molecule has 0 atom stereocenters. The van der Waals surface area contributed by atoms with Gasteiger partial charge in [-0.3, -0.25) is 4.79 Å². The van der Waals surface area contributed by atoms with Crippen LogP contribution in [0.15, 0.2) is 24.3 Å². The normalized spacial score (nSPS) is 9.67. The summed E-state index contributed by atoms with van der Waals surface area (Å²) in [6.45, 7) is 0.0484. The van der Waals surface area contributed by atoms with Crippen molar-refractivity contribution < 1.29 is 19.4 Å². The second-order valence-corrected chi connectivity index (χ2v) is 3.22. The molecule has 0 aromatic heterocycles. The highest BCUT2D eigenvalue weighted by atomic mass is 35.5. The van der Waals surface area contributed by atoms with Crippen molar-refractivity contribution in [1.29, 1.82) is 0 Å². The number of hydrogen-bond donors (Lipinski definition) is 1. The van der Waals surface area contributed by atoms with Gasteiger partial charge in [-0.05, 0) is 24.3 Å². The molecule has 0 amide bonds. The third kappa shape index (κ3) is 3.99. The minimum absolute atomic E-state index is 0.0484. The van der Waals surface area contributed by atoms with Crippen LogP contribution in [0.2, 0.25) is 5.02 Å². The molecule has 80 valence electrons. The lowest BCUT2D eigenvalue weighted by molar-refractivity contribution is -0.149. The largest absolute Gasteiger partial charge is 0.493 e. The Labute approximate surface area is 91.4 Å². The van der Waals surface area contributed by atoms with Crippen LogP contribution in [0.1, 0.15) is 6.42 Å². The third-order valence-electron chi connectivity index (χ3n) is 1.65. The molecule has 0 unspecified atom stereocenters. The standard InChI is InChI=1S/C10H9ClO4/c11-7-1-3-8(4-2-7)15-6-5-9(12)10(13)14/h1-4H,5-6H2,(H,13,14). The van der Waals surface area contributed by atoms with E-state index in [9.17, 15) is 9.59 Å². The summed E-state index contributed by atoms with van der Waals surface area (Å²) in [7, 11) is 0. The number of carboxylic acids is 1. The first kappa shape index (κ1) is 11.5. The van der Waals surface area contributed by atoms with Gasteiger partial charge in [-0.2, -0.15) is 0 Å². The minimum atomic E-state index is -1.44. The highest BCUT2D eigenvalue weighted by Gasteiger charge is 2.10. The number of carboxylic acid groups (broad SMARTS) is 1. The van der Waals surface area contributed by atoms with Gasteiger partial charge in [0.2, 0.25) is 5.78 Å². The summed E-state index contributed by atoms with van der Waals surface area (Å²) in [4.78, 5) is 20.9. The summed E-state index contributed by atoms with van der Waals surface area (Å²) in [6, 6.07) is 6.59. The predicted octanol–water partition coefficient (Wildman–Crippen LogP) is 1.76. The van der Waals surface area contributed by atoms with Crippen molar-refractivity contribution in [3.63, 3.8) is 0 Å². The molecule has 0 saturated heterocycles. The number of carbonyl (C=O) groups excluding carboxylic acids is 1. The van der Waals surface area contributed by atoms with Gasteiger partial charge in [0.25, 0.3) is 0 Å². The van der Waals surface area contributed by atoms with Crippen LogP contribution in [0.4, 0.5) is 0 Å². The fourth-order valence-electron chi connectivity index (χ4n) is 0.899. The van der Waals surface area contributed by atoms with E-state index in [0.717, 1.165) is 0 Å². The lowest BCUT2D eigenvalue weighted by Crippen LogP contribution is -2.15. The molecule has 0 saturated carbocycles. The van der Waals surface area contributed by atoms with Gasteiger partial charge in [-0.15, -0.1) is 0 Å². The number of Topliss-reactive ketones (excluding diaryl/α,β-unsaturated/α-hetero) is 1. The Morgan fingerprint density at radius 3 is 2.40 bits per heavy atom. The number of carbonyl (C=O) groups is 2. The van der Waals surface area contributed by atoms with E-state index in [1.165, 1.54) is 0 Å². The highest BCUT2D eigenvalue weighted by Crippen LogP contribution is 2.15. The summed E-state index contributed by atoms with van der Waals surface area (Å²) in [5.74, 6) is -1.74. The summed E-state index contributed by atoms with van der Waals surface area (Å²) in [6.07, 6.45) is -0.141. The van der Waals surface area contributed by atoms with E-state index < -0.39 is 11.8 Å². The van der Waals surface area contributed by atoms with E-state index in [0.29, 0.717) is 10.8 Å². The van der Waals surface area contributed by atoms with Crippen molar-refractivity contribution >= 4 is 23.4 Å². The van der Waals surface area contributed by atoms with E-state index in [2.05, 4.69) is 0 Å². The van der Waals surface area contributed by atoms with E-state index >= 15 is 0 Å². The fraction of sp³-hybridized carbons (Fsp3) is 0.200. The lowest BCUT2D eigenvalue weighted by Gasteiger charge is -2.03. The first-order chi connectivity index (χ1) is 7.09. The zero-order valence-corrected chi connectivity index (χ0v) is 8.53. The quantitative estimate of drug-likeness (QED) is 0.780. The Hall–Kier alpha value is -1.55. The first-order valence-corrected chi connectivity index (χ1v) is 4.62. The number of ketones is 1. The average molecular weight is 229 g/mol. The minimum Gasteiger partial charge on any atom is -0.493 e. The van der Waals surface area contributed by atoms with Gasteiger partial charge in [0.05, 0.1) is 13.0 Å². The van der Waals surface area contributed by atoms with Crippen molar-refractivity contribution in [3.05, 3.63) is 29.3 Å². The zero-order chi connectivity index (χ0) is 11.3. The van der Waals surface area contributed by atoms with E-state index in [1.807, 2.05) is 0 Å². The number of benzene rings is 1. The Balaban J connectivity index is 2.35. The molecule has 1 rings (SSSR count). The van der Waals surface area contributed by atoms with Crippen LogP contribution >= 0.6 is 11.6 Å². The van der Waals surface area contributed by atoms with Crippen molar-refractivity contribution in [1.82, 2.24) is 0 Å². The topological polar surface area (TPSA) is 63.6 Å². The van der Waals surface area contributed by atoms with Crippen molar-refractivity contribution in [2.45, 2.75) is 6.42 Å². The van der Waals surface area contributed by atoms with Gasteiger partial charge in [0.15, 0.2) is 0 Å². The molecular formula is C10H9ClO4. The van der Waals surface area contributed by atoms with Gasteiger partial charge < -0.3 is 9.84 Å². The van der Waals surface area contributed by atoms with E-state index in [4.69, 9.17) is 21.4 Å². The molecule has 5 heteroatoms. The summed E-state index contributed by atoms with van der Waals surface area (Å²) in [5.41, 5.74) is 0. The van der Waals surface area contributed by atoms with Crippen LogP contribution in [0.25, 0.3) is 0 Å².